The molecule has 5 heteroatoms. The lowest BCUT2D eigenvalue weighted by Gasteiger charge is -2.24. The van der Waals surface area contributed by atoms with E-state index in [-0.39, 0.29) is 12.0 Å². The monoisotopic (exact) mass is 274 g/mol. The third-order valence-corrected chi connectivity index (χ3v) is 3.84. The van der Waals surface area contributed by atoms with Crippen molar-refractivity contribution in [2.24, 2.45) is 0 Å². The number of nitrogens with zero attached hydrogens (tertiary/aromatic N) is 2. The van der Waals surface area contributed by atoms with Crippen LogP contribution in [0.1, 0.15) is 37.5 Å². The first kappa shape index (κ1) is 13.1. The largest absolute Gasteiger partial charge is 0.496 e. The normalized spacial score (nSPS) is 22.7. The van der Waals surface area contributed by atoms with Crippen LogP contribution >= 0.6 is 0 Å². The van der Waals surface area contributed by atoms with Crippen LogP contribution in [0.5, 0.6) is 5.75 Å². The highest BCUT2D eigenvalue weighted by molar-refractivity contribution is 5.63. The number of methoxy groups -OCH3 is 1. The molecule has 2 atom stereocenters. The highest BCUT2D eigenvalue weighted by Gasteiger charge is 2.29. The van der Waals surface area contributed by atoms with E-state index in [1.807, 2.05) is 24.3 Å². The van der Waals surface area contributed by atoms with Gasteiger partial charge in [-0.15, -0.1) is 0 Å². The molecular formula is C15H18N2O3. The van der Waals surface area contributed by atoms with Gasteiger partial charge in [-0.2, -0.15) is 4.98 Å². The molecule has 0 saturated heterocycles. The lowest BCUT2D eigenvalue weighted by molar-refractivity contribution is 0.0908. The minimum absolute atomic E-state index is 0.0419. The smallest absolute Gasteiger partial charge is 0.232 e. The Morgan fingerprint density at radius 2 is 2.05 bits per heavy atom. The number of aromatic nitrogens is 2. The fourth-order valence-corrected chi connectivity index (χ4v) is 2.72. The van der Waals surface area contributed by atoms with Gasteiger partial charge in [0, 0.05) is 0 Å². The van der Waals surface area contributed by atoms with E-state index in [1.165, 1.54) is 0 Å². The first-order chi connectivity index (χ1) is 9.79. The van der Waals surface area contributed by atoms with E-state index in [9.17, 15) is 5.11 Å². The first-order valence-corrected chi connectivity index (χ1v) is 6.94. The molecule has 3 rings (SSSR count). The summed E-state index contributed by atoms with van der Waals surface area (Å²) in [6, 6.07) is 7.56. The fourth-order valence-electron chi connectivity index (χ4n) is 2.72. The fraction of sp³-hybridized carbons (Fsp3) is 0.467. The molecule has 2 aromatic rings. The van der Waals surface area contributed by atoms with Gasteiger partial charge in [0.15, 0.2) is 0 Å². The van der Waals surface area contributed by atoms with Crippen LogP contribution < -0.4 is 4.74 Å². The quantitative estimate of drug-likeness (QED) is 0.932. The minimum Gasteiger partial charge on any atom is -0.496 e. The molecular weight excluding hydrogens is 256 g/mol. The summed E-state index contributed by atoms with van der Waals surface area (Å²) in [6.07, 6.45) is 3.47. The number of aliphatic hydroxyl groups excluding tert-OH is 1. The Morgan fingerprint density at radius 1 is 1.25 bits per heavy atom. The van der Waals surface area contributed by atoms with Gasteiger partial charge in [-0.3, -0.25) is 0 Å². The zero-order valence-electron chi connectivity index (χ0n) is 11.5. The van der Waals surface area contributed by atoms with Gasteiger partial charge >= 0.3 is 0 Å². The molecule has 1 aliphatic carbocycles. The summed E-state index contributed by atoms with van der Waals surface area (Å²) < 4.78 is 10.7. The molecule has 1 aliphatic rings. The Hall–Kier alpha value is -1.88. The van der Waals surface area contributed by atoms with Gasteiger partial charge in [-0.25, -0.2) is 0 Å². The van der Waals surface area contributed by atoms with Crippen molar-refractivity contribution in [3.8, 4) is 17.1 Å². The molecule has 1 fully saturated rings. The second-order valence-electron chi connectivity index (χ2n) is 5.11. The Labute approximate surface area is 117 Å². The number of ether oxygens (including phenoxy) is 1. The van der Waals surface area contributed by atoms with Gasteiger partial charge in [-0.1, -0.05) is 30.1 Å². The van der Waals surface area contributed by atoms with Crippen LogP contribution in [0.25, 0.3) is 11.4 Å². The summed E-state index contributed by atoms with van der Waals surface area (Å²) >= 11 is 0. The number of aliphatic hydroxyl groups is 1. The van der Waals surface area contributed by atoms with E-state index in [0.717, 1.165) is 31.2 Å². The SMILES string of the molecule is COc1ccccc1-c1noc(C2CCCCC2O)n1. The van der Waals surface area contributed by atoms with Gasteiger partial charge in [0.2, 0.25) is 11.7 Å². The molecule has 20 heavy (non-hydrogen) atoms. The Morgan fingerprint density at radius 3 is 2.85 bits per heavy atom. The van der Waals surface area contributed by atoms with Crippen LogP contribution in [0.15, 0.2) is 28.8 Å². The maximum absolute atomic E-state index is 10.1. The van der Waals surface area contributed by atoms with E-state index in [1.54, 1.807) is 7.11 Å². The molecule has 1 aromatic heterocycles. The summed E-state index contributed by atoms with van der Waals surface area (Å²) in [5.41, 5.74) is 0.801. The van der Waals surface area contributed by atoms with Crippen LogP contribution in [-0.2, 0) is 0 Å². The summed E-state index contributed by atoms with van der Waals surface area (Å²) in [5.74, 6) is 1.71. The highest BCUT2D eigenvalue weighted by Crippen LogP contribution is 2.34. The molecule has 1 saturated carbocycles. The molecule has 106 valence electrons. The zero-order chi connectivity index (χ0) is 13.9. The van der Waals surface area contributed by atoms with Gasteiger partial charge in [0.25, 0.3) is 0 Å². The van der Waals surface area contributed by atoms with E-state index >= 15 is 0 Å². The molecule has 2 unspecified atom stereocenters. The summed E-state index contributed by atoms with van der Waals surface area (Å²) in [5, 5.41) is 14.1. The average Bonchev–Trinajstić information content (AvgIpc) is 2.97. The Bertz CT molecular complexity index is 582. The molecule has 5 nitrogen and oxygen atoms in total. The van der Waals surface area contributed by atoms with E-state index in [2.05, 4.69) is 10.1 Å². The van der Waals surface area contributed by atoms with Crippen LogP contribution in [0.3, 0.4) is 0 Å². The van der Waals surface area contributed by atoms with Crippen molar-refractivity contribution in [2.45, 2.75) is 37.7 Å². The average molecular weight is 274 g/mol. The van der Waals surface area contributed by atoms with Crippen molar-refractivity contribution < 1.29 is 14.4 Å². The van der Waals surface area contributed by atoms with Gasteiger partial charge < -0.3 is 14.4 Å². The van der Waals surface area contributed by atoms with Gasteiger partial charge in [0.05, 0.1) is 24.7 Å². The lowest BCUT2D eigenvalue weighted by atomic mass is 9.86. The zero-order valence-corrected chi connectivity index (χ0v) is 11.5. The molecule has 1 heterocycles. The number of benzene rings is 1. The highest BCUT2D eigenvalue weighted by atomic mass is 16.5. The molecule has 0 bridgehead atoms. The number of para-hydroxylation sites is 1. The maximum Gasteiger partial charge on any atom is 0.232 e. The standard InChI is InChI=1S/C15H18N2O3/c1-19-13-9-5-3-7-11(13)14-16-15(20-17-14)10-6-2-4-8-12(10)18/h3,5,7,9-10,12,18H,2,4,6,8H2,1H3. The third kappa shape index (κ3) is 2.41. The number of rotatable bonds is 3. The Balaban J connectivity index is 1.90. The molecule has 0 radical (unpaired) electrons. The van der Waals surface area contributed by atoms with Crippen molar-refractivity contribution in [3.05, 3.63) is 30.2 Å². The minimum atomic E-state index is -0.380. The van der Waals surface area contributed by atoms with Gasteiger partial charge in [-0.05, 0) is 25.0 Å². The van der Waals surface area contributed by atoms with Crippen molar-refractivity contribution in [2.75, 3.05) is 7.11 Å². The predicted octanol–water partition coefficient (Wildman–Crippen LogP) is 2.76. The Kier molecular flexibility index (Phi) is 3.69. The van der Waals surface area contributed by atoms with Crippen LogP contribution in [-0.4, -0.2) is 28.5 Å². The molecule has 1 N–H and O–H groups in total. The van der Waals surface area contributed by atoms with Crippen LogP contribution in [0.4, 0.5) is 0 Å². The molecule has 1 aromatic carbocycles. The van der Waals surface area contributed by atoms with Crippen molar-refractivity contribution in [3.63, 3.8) is 0 Å². The molecule has 0 spiro atoms. The second kappa shape index (κ2) is 5.63. The van der Waals surface area contributed by atoms with Crippen molar-refractivity contribution >= 4 is 0 Å². The van der Waals surface area contributed by atoms with E-state index in [4.69, 9.17) is 9.26 Å². The van der Waals surface area contributed by atoms with Gasteiger partial charge in [0.1, 0.15) is 5.75 Å². The second-order valence-corrected chi connectivity index (χ2v) is 5.11. The van der Waals surface area contributed by atoms with Crippen LogP contribution in [0, 0.1) is 0 Å². The van der Waals surface area contributed by atoms with Crippen molar-refractivity contribution in [1.29, 1.82) is 0 Å². The lowest BCUT2D eigenvalue weighted by Crippen LogP contribution is -2.22. The molecule has 0 aliphatic heterocycles. The number of hydrogen-bond acceptors (Lipinski definition) is 5. The summed E-state index contributed by atoms with van der Waals surface area (Å²) in [4.78, 5) is 4.45. The third-order valence-electron chi connectivity index (χ3n) is 3.84. The predicted molar refractivity (Wildman–Crippen MR) is 73.5 cm³/mol. The van der Waals surface area contributed by atoms with Crippen LogP contribution in [0.2, 0.25) is 0 Å². The maximum atomic E-state index is 10.1. The number of hydrogen-bond donors (Lipinski definition) is 1. The van der Waals surface area contributed by atoms with E-state index in [0.29, 0.717) is 17.5 Å². The summed E-state index contributed by atoms with van der Waals surface area (Å²) in [7, 11) is 1.62. The topological polar surface area (TPSA) is 68.4 Å². The van der Waals surface area contributed by atoms with E-state index < -0.39 is 0 Å². The summed E-state index contributed by atoms with van der Waals surface area (Å²) in [6.45, 7) is 0. The first-order valence-electron chi connectivity index (χ1n) is 6.94. The molecule has 0 amide bonds. The van der Waals surface area contributed by atoms with Crippen molar-refractivity contribution in [1.82, 2.24) is 10.1 Å².